The lowest BCUT2D eigenvalue weighted by Gasteiger charge is -2.58. The summed E-state index contributed by atoms with van der Waals surface area (Å²) in [5, 5.41) is 0. The van der Waals surface area contributed by atoms with Crippen LogP contribution in [-0.4, -0.2) is 42.6 Å². The van der Waals surface area contributed by atoms with Crippen LogP contribution in [0.1, 0.15) is 72.1 Å². The molecule has 6 nitrogen and oxygen atoms in total. The molecule has 1 saturated heterocycles. The predicted octanol–water partition coefficient (Wildman–Crippen LogP) is 3.76. The molecule has 0 amide bonds. The van der Waals surface area contributed by atoms with Crippen molar-refractivity contribution in [2.45, 2.75) is 83.8 Å². The standard InChI is InChI=1S/C25H34O6/c1-15(26)29-13-20(28)19-4-5-21-23(19,3)9-8-22-24-10-7-18(31-16(2)27)12-17(24)6-11-25(21,22)30-14-24/h5,17-19,22H,4,6-14H2,1-3H3/t17-,18-,19+,22+,23+,24+,25+/m0/s1. The minimum Gasteiger partial charge on any atom is -0.463 e. The molecule has 1 spiro atoms. The molecule has 5 rings (SSSR count). The predicted molar refractivity (Wildman–Crippen MR) is 112 cm³/mol. The monoisotopic (exact) mass is 430 g/mol. The summed E-state index contributed by atoms with van der Waals surface area (Å²) in [7, 11) is 0. The van der Waals surface area contributed by atoms with E-state index in [1.54, 1.807) is 0 Å². The Bertz CT molecular complexity index is 847. The maximum atomic E-state index is 12.9. The van der Waals surface area contributed by atoms with E-state index in [4.69, 9.17) is 14.2 Å². The molecule has 1 heterocycles. The maximum Gasteiger partial charge on any atom is 0.303 e. The summed E-state index contributed by atoms with van der Waals surface area (Å²) in [6.45, 7) is 5.73. The Kier molecular flexibility index (Phi) is 4.89. The molecule has 6 heteroatoms. The van der Waals surface area contributed by atoms with E-state index in [-0.39, 0.29) is 46.8 Å². The molecule has 4 aliphatic carbocycles. The molecule has 0 aromatic carbocycles. The van der Waals surface area contributed by atoms with Crippen LogP contribution in [0.5, 0.6) is 0 Å². The summed E-state index contributed by atoms with van der Waals surface area (Å²) in [6, 6.07) is 0. The van der Waals surface area contributed by atoms with Crippen molar-refractivity contribution in [3.63, 3.8) is 0 Å². The third kappa shape index (κ3) is 2.96. The van der Waals surface area contributed by atoms with Crippen molar-refractivity contribution in [3.8, 4) is 0 Å². The Morgan fingerprint density at radius 3 is 2.65 bits per heavy atom. The summed E-state index contributed by atoms with van der Waals surface area (Å²) in [6.07, 6.45) is 10.1. The highest BCUT2D eigenvalue weighted by Gasteiger charge is 2.70. The maximum absolute atomic E-state index is 12.9. The quantitative estimate of drug-likeness (QED) is 0.499. The number of ether oxygens (including phenoxy) is 3. The first-order valence-electron chi connectivity index (χ1n) is 11.9. The van der Waals surface area contributed by atoms with E-state index in [1.165, 1.54) is 19.4 Å². The van der Waals surface area contributed by atoms with Crippen molar-refractivity contribution in [3.05, 3.63) is 11.6 Å². The van der Waals surface area contributed by atoms with Gasteiger partial charge >= 0.3 is 11.9 Å². The lowest BCUT2D eigenvalue weighted by Crippen LogP contribution is -2.58. The van der Waals surface area contributed by atoms with Crippen LogP contribution in [0.25, 0.3) is 0 Å². The Morgan fingerprint density at radius 2 is 1.90 bits per heavy atom. The van der Waals surface area contributed by atoms with Crippen LogP contribution in [0, 0.1) is 28.6 Å². The fraction of sp³-hybridized carbons (Fsp3) is 0.800. The molecule has 0 aromatic heterocycles. The van der Waals surface area contributed by atoms with Crippen LogP contribution in [0.4, 0.5) is 0 Å². The highest BCUT2D eigenvalue weighted by atomic mass is 16.5. The van der Waals surface area contributed by atoms with Crippen LogP contribution < -0.4 is 0 Å². The second-order valence-electron chi connectivity index (χ2n) is 10.8. The van der Waals surface area contributed by atoms with Crippen LogP contribution in [0.15, 0.2) is 11.6 Å². The topological polar surface area (TPSA) is 78.9 Å². The van der Waals surface area contributed by atoms with E-state index in [0.717, 1.165) is 51.6 Å². The average Bonchev–Trinajstić information content (AvgIpc) is 3.17. The number of esters is 2. The van der Waals surface area contributed by atoms with Gasteiger partial charge in [-0.25, -0.2) is 0 Å². The van der Waals surface area contributed by atoms with E-state index < -0.39 is 5.97 Å². The van der Waals surface area contributed by atoms with E-state index >= 15 is 0 Å². The van der Waals surface area contributed by atoms with Gasteiger partial charge in [0.2, 0.25) is 0 Å². The molecule has 0 aromatic rings. The first-order chi connectivity index (χ1) is 14.7. The molecule has 31 heavy (non-hydrogen) atoms. The van der Waals surface area contributed by atoms with Crippen LogP contribution >= 0.6 is 0 Å². The number of ketones is 1. The summed E-state index contributed by atoms with van der Waals surface area (Å²) >= 11 is 0. The zero-order valence-corrected chi connectivity index (χ0v) is 18.9. The van der Waals surface area contributed by atoms with E-state index in [1.807, 2.05) is 0 Å². The minimum atomic E-state index is -0.407. The van der Waals surface area contributed by atoms with Gasteiger partial charge in [-0.2, -0.15) is 0 Å². The molecule has 0 radical (unpaired) electrons. The number of hydrogen-bond donors (Lipinski definition) is 0. The van der Waals surface area contributed by atoms with E-state index in [2.05, 4.69) is 13.0 Å². The molecular formula is C25H34O6. The van der Waals surface area contributed by atoms with Gasteiger partial charge in [0.1, 0.15) is 12.7 Å². The molecular weight excluding hydrogens is 396 g/mol. The Morgan fingerprint density at radius 1 is 1.10 bits per heavy atom. The molecule has 170 valence electrons. The van der Waals surface area contributed by atoms with E-state index in [9.17, 15) is 14.4 Å². The van der Waals surface area contributed by atoms with Crippen molar-refractivity contribution < 1.29 is 28.6 Å². The molecule has 1 aliphatic heterocycles. The van der Waals surface area contributed by atoms with Gasteiger partial charge in [0, 0.05) is 30.6 Å². The van der Waals surface area contributed by atoms with Gasteiger partial charge in [0.05, 0.1) is 12.2 Å². The first-order valence-corrected chi connectivity index (χ1v) is 11.9. The summed E-state index contributed by atoms with van der Waals surface area (Å²) in [4.78, 5) is 35.6. The molecule has 2 bridgehead atoms. The van der Waals surface area contributed by atoms with Gasteiger partial charge in [-0.1, -0.05) is 13.0 Å². The van der Waals surface area contributed by atoms with Crippen molar-refractivity contribution >= 4 is 17.7 Å². The average molecular weight is 431 g/mol. The normalized spacial score (nSPS) is 45.1. The van der Waals surface area contributed by atoms with Crippen molar-refractivity contribution in [1.82, 2.24) is 0 Å². The van der Waals surface area contributed by atoms with E-state index in [0.29, 0.717) is 18.3 Å². The first kappa shape index (κ1) is 21.2. The van der Waals surface area contributed by atoms with Gasteiger partial charge in [-0.3, -0.25) is 14.4 Å². The van der Waals surface area contributed by atoms with Crippen LogP contribution in [-0.2, 0) is 28.6 Å². The Balaban J connectivity index is 1.38. The highest BCUT2D eigenvalue weighted by Crippen LogP contribution is 2.72. The van der Waals surface area contributed by atoms with Crippen LogP contribution in [0.2, 0.25) is 0 Å². The highest BCUT2D eigenvalue weighted by molar-refractivity contribution is 5.86. The molecule has 0 unspecified atom stereocenters. The Labute approximate surface area is 184 Å². The summed E-state index contributed by atoms with van der Waals surface area (Å²) in [5.41, 5.74) is 1.07. The minimum absolute atomic E-state index is 0.0297. The van der Waals surface area contributed by atoms with Gasteiger partial charge in [0.15, 0.2) is 5.78 Å². The number of hydrogen-bond acceptors (Lipinski definition) is 6. The fourth-order valence-corrected chi connectivity index (χ4v) is 8.27. The third-order valence-corrected chi connectivity index (χ3v) is 9.50. The molecule has 3 saturated carbocycles. The number of Topliss-reactive ketones (excluding diaryl/α,β-unsaturated/α-hetero) is 1. The lowest BCUT2D eigenvalue weighted by molar-refractivity contribution is -0.154. The molecule has 4 fully saturated rings. The number of rotatable bonds is 4. The zero-order valence-electron chi connectivity index (χ0n) is 18.9. The number of carbonyl (C=O) groups excluding carboxylic acids is 3. The largest absolute Gasteiger partial charge is 0.463 e. The Hall–Kier alpha value is -1.69. The van der Waals surface area contributed by atoms with Crippen molar-refractivity contribution in [2.24, 2.45) is 28.6 Å². The zero-order chi connectivity index (χ0) is 22.0. The molecule has 0 N–H and O–H groups in total. The van der Waals surface area contributed by atoms with Crippen molar-refractivity contribution in [1.29, 1.82) is 0 Å². The second-order valence-corrected chi connectivity index (χ2v) is 10.8. The van der Waals surface area contributed by atoms with Gasteiger partial charge in [-0.05, 0) is 68.8 Å². The lowest BCUT2D eigenvalue weighted by atomic mass is 9.45. The van der Waals surface area contributed by atoms with Crippen LogP contribution in [0.3, 0.4) is 0 Å². The number of fused-ring (bicyclic) bond motifs is 1. The summed E-state index contributed by atoms with van der Waals surface area (Å²) < 4.78 is 17.4. The SMILES string of the molecule is CC(=O)OCC(=O)[C@H]1CC=C2[C@]1(C)CC[C@@H]1[C@@]34CC[C@H](OC(C)=O)C[C@@H]3CC[C@@]21OC4. The molecule has 7 atom stereocenters. The van der Waals surface area contributed by atoms with Gasteiger partial charge in [0.25, 0.3) is 0 Å². The smallest absolute Gasteiger partial charge is 0.303 e. The third-order valence-electron chi connectivity index (χ3n) is 9.50. The van der Waals surface area contributed by atoms with Crippen molar-refractivity contribution in [2.75, 3.05) is 13.2 Å². The molecule has 5 aliphatic rings. The fourth-order valence-electron chi connectivity index (χ4n) is 8.27. The van der Waals surface area contributed by atoms with Gasteiger partial charge < -0.3 is 14.2 Å². The summed E-state index contributed by atoms with van der Waals surface area (Å²) in [5.74, 6) is 0.341. The number of allylic oxidation sites excluding steroid dienone is 1. The van der Waals surface area contributed by atoms with Gasteiger partial charge in [-0.15, -0.1) is 0 Å². The second kappa shape index (κ2) is 7.16. The number of carbonyl (C=O) groups is 3.